The van der Waals surface area contributed by atoms with E-state index in [1.54, 1.807) is 6.20 Å². The van der Waals surface area contributed by atoms with Crippen LogP contribution in [0.1, 0.15) is 90.2 Å². The summed E-state index contributed by atoms with van der Waals surface area (Å²) in [4.78, 5) is 19.8. The summed E-state index contributed by atoms with van der Waals surface area (Å²) in [6, 6.07) is 6.22. The molecule has 2 atom stereocenters. The van der Waals surface area contributed by atoms with Crippen LogP contribution in [0.4, 0.5) is 0 Å². The Morgan fingerprint density at radius 2 is 1.95 bits per heavy atom. The van der Waals surface area contributed by atoms with E-state index in [0.29, 0.717) is 24.0 Å². The second kappa shape index (κ2) is 12.4. The van der Waals surface area contributed by atoms with Crippen LogP contribution in [0, 0.1) is 5.92 Å². The second-order valence-electron chi connectivity index (χ2n) is 11.2. The summed E-state index contributed by atoms with van der Waals surface area (Å²) < 4.78 is 18.1. The molecule has 2 aromatic rings. The Hall–Kier alpha value is -2.44. The summed E-state index contributed by atoms with van der Waals surface area (Å²) in [5.74, 6) is 2.00. The lowest BCUT2D eigenvalue weighted by molar-refractivity contribution is -0.134. The molecule has 3 heterocycles. The number of pyridine rings is 1. The van der Waals surface area contributed by atoms with E-state index in [-0.39, 0.29) is 5.97 Å². The zero-order valence-corrected chi connectivity index (χ0v) is 23.3. The van der Waals surface area contributed by atoms with Crippen LogP contribution in [0.5, 0.6) is 11.5 Å². The number of ether oxygens (including phenoxy) is 3. The van der Waals surface area contributed by atoms with Gasteiger partial charge in [-0.15, -0.1) is 0 Å². The third kappa shape index (κ3) is 6.71. The zero-order chi connectivity index (χ0) is 26.4. The minimum absolute atomic E-state index is 0.202. The van der Waals surface area contributed by atoms with E-state index < -0.39 is 5.60 Å². The standard InChI is InChI=1S/C31H44N2O4/c1-6-7-8-10-22(2)23(3)24-19-27(36-29(34)11-9-14-33-15-17-35-18-16-33)30-25-21-32-13-12-26(25)31(4,5)37-28(30)20-24/h12-13,19-23H,6-11,14-18H2,1-5H3. The largest absolute Gasteiger partial charge is 0.482 e. The molecule has 202 valence electrons. The highest BCUT2D eigenvalue weighted by Gasteiger charge is 2.35. The number of unbranched alkanes of at least 4 members (excludes halogenated alkanes) is 2. The molecule has 0 spiro atoms. The molecule has 0 bridgehead atoms. The lowest BCUT2D eigenvalue weighted by Crippen LogP contribution is -2.37. The predicted molar refractivity (Wildman–Crippen MR) is 147 cm³/mol. The van der Waals surface area contributed by atoms with Crippen molar-refractivity contribution in [3.63, 3.8) is 0 Å². The highest BCUT2D eigenvalue weighted by molar-refractivity contribution is 5.85. The molecule has 0 aliphatic carbocycles. The number of hydrogen-bond donors (Lipinski definition) is 0. The van der Waals surface area contributed by atoms with Gasteiger partial charge in [0.05, 0.1) is 18.8 Å². The van der Waals surface area contributed by atoms with Gasteiger partial charge in [-0.3, -0.25) is 14.7 Å². The molecule has 2 aliphatic rings. The van der Waals surface area contributed by atoms with E-state index in [0.717, 1.165) is 67.3 Å². The predicted octanol–water partition coefficient (Wildman–Crippen LogP) is 6.71. The first-order chi connectivity index (χ1) is 17.8. The van der Waals surface area contributed by atoms with Crippen molar-refractivity contribution >= 4 is 5.97 Å². The third-order valence-electron chi connectivity index (χ3n) is 8.02. The van der Waals surface area contributed by atoms with Gasteiger partial charge in [0, 0.05) is 43.0 Å². The second-order valence-corrected chi connectivity index (χ2v) is 11.2. The molecule has 0 saturated carbocycles. The lowest BCUT2D eigenvalue weighted by Gasteiger charge is -2.36. The number of carbonyl (C=O) groups excluding carboxylic acids is 1. The number of nitrogens with zero attached hydrogens (tertiary/aromatic N) is 2. The minimum atomic E-state index is -0.501. The van der Waals surface area contributed by atoms with Crippen molar-refractivity contribution in [3.8, 4) is 22.6 Å². The van der Waals surface area contributed by atoms with E-state index in [9.17, 15) is 4.79 Å². The van der Waals surface area contributed by atoms with Crippen molar-refractivity contribution in [2.24, 2.45) is 5.92 Å². The first kappa shape index (κ1) is 27.6. The Kier molecular flexibility index (Phi) is 9.25. The zero-order valence-electron chi connectivity index (χ0n) is 23.3. The average Bonchev–Trinajstić information content (AvgIpc) is 2.88. The number of aromatic nitrogens is 1. The van der Waals surface area contributed by atoms with Crippen molar-refractivity contribution in [1.82, 2.24) is 9.88 Å². The fourth-order valence-corrected chi connectivity index (χ4v) is 5.49. The van der Waals surface area contributed by atoms with Crippen LogP contribution >= 0.6 is 0 Å². The van der Waals surface area contributed by atoms with Gasteiger partial charge < -0.3 is 14.2 Å². The van der Waals surface area contributed by atoms with Gasteiger partial charge in [-0.25, -0.2) is 0 Å². The van der Waals surface area contributed by atoms with E-state index in [2.05, 4.69) is 56.6 Å². The summed E-state index contributed by atoms with van der Waals surface area (Å²) in [5.41, 5.74) is 3.51. The average molecular weight is 509 g/mol. The van der Waals surface area contributed by atoms with E-state index in [4.69, 9.17) is 14.2 Å². The minimum Gasteiger partial charge on any atom is -0.482 e. The maximum Gasteiger partial charge on any atom is 0.311 e. The highest BCUT2D eigenvalue weighted by Crippen LogP contribution is 2.50. The van der Waals surface area contributed by atoms with Crippen LogP contribution in [0.15, 0.2) is 30.6 Å². The molecule has 1 saturated heterocycles. The van der Waals surface area contributed by atoms with Gasteiger partial charge in [0.25, 0.3) is 0 Å². The van der Waals surface area contributed by atoms with Crippen LogP contribution in [0.2, 0.25) is 0 Å². The van der Waals surface area contributed by atoms with E-state index in [1.807, 2.05) is 12.3 Å². The smallest absolute Gasteiger partial charge is 0.311 e. The molecule has 1 aromatic carbocycles. The topological polar surface area (TPSA) is 60.9 Å². The van der Waals surface area contributed by atoms with Crippen molar-refractivity contribution in [2.45, 2.75) is 84.7 Å². The molecule has 6 nitrogen and oxygen atoms in total. The molecule has 0 radical (unpaired) electrons. The molecule has 6 heteroatoms. The number of morpholine rings is 1. The van der Waals surface area contributed by atoms with Crippen LogP contribution in [-0.2, 0) is 15.1 Å². The van der Waals surface area contributed by atoms with Crippen LogP contribution in [0.25, 0.3) is 11.1 Å². The maximum atomic E-state index is 13.0. The van der Waals surface area contributed by atoms with E-state index in [1.165, 1.54) is 25.7 Å². The van der Waals surface area contributed by atoms with Gasteiger partial charge in [0.2, 0.25) is 0 Å². The molecule has 37 heavy (non-hydrogen) atoms. The van der Waals surface area contributed by atoms with Gasteiger partial charge in [-0.2, -0.15) is 0 Å². The van der Waals surface area contributed by atoms with Crippen LogP contribution < -0.4 is 9.47 Å². The Labute approximate surface area is 222 Å². The fourth-order valence-electron chi connectivity index (χ4n) is 5.49. The summed E-state index contributed by atoms with van der Waals surface area (Å²) >= 11 is 0. The van der Waals surface area contributed by atoms with Gasteiger partial charge >= 0.3 is 5.97 Å². The van der Waals surface area contributed by atoms with E-state index >= 15 is 0 Å². The van der Waals surface area contributed by atoms with Crippen molar-refractivity contribution in [1.29, 1.82) is 0 Å². The molecule has 1 aromatic heterocycles. The maximum absolute atomic E-state index is 13.0. The van der Waals surface area contributed by atoms with Crippen molar-refractivity contribution in [2.75, 3.05) is 32.8 Å². The molecule has 0 amide bonds. The number of hydrogen-bond acceptors (Lipinski definition) is 6. The Morgan fingerprint density at radius 3 is 2.70 bits per heavy atom. The Bertz CT molecular complexity index is 1060. The van der Waals surface area contributed by atoms with Crippen molar-refractivity contribution < 1.29 is 19.0 Å². The number of carbonyl (C=O) groups is 1. The summed E-state index contributed by atoms with van der Waals surface area (Å²) in [6.45, 7) is 15.3. The molecule has 2 unspecified atom stereocenters. The quantitative estimate of drug-likeness (QED) is 0.191. The third-order valence-corrected chi connectivity index (χ3v) is 8.02. The Morgan fingerprint density at radius 1 is 1.16 bits per heavy atom. The summed E-state index contributed by atoms with van der Waals surface area (Å²) in [7, 11) is 0. The normalized spacial score (nSPS) is 18.3. The fraction of sp³-hybridized carbons (Fsp3) is 0.613. The first-order valence-electron chi connectivity index (χ1n) is 14.1. The highest BCUT2D eigenvalue weighted by atomic mass is 16.5. The van der Waals surface area contributed by atoms with Gasteiger partial charge in [-0.05, 0) is 62.4 Å². The molecular weight excluding hydrogens is 464 g/mol. The number of rotatable bonds is 11. The molecule has 4 rings (SSSR count). The first-order valence-corrected chi connectivity index (χ1v) is 14.1. The number of esters is 1. The van der Waals surface area contributed by atoms with Crippen molar-refractivity contribution in [3.05, 3.63) is 41.7 Å². The lowest BCUT2D eigenvalue weighted by atomic mass is 9.82. The van der Waals surface area contributed by atoms with Crippen LogP contribution in [-0.4, -0.2) is 48.7 Å². The summed E-state index contributed by atoms with van der Waals surface area (Å²) in [6.07, 6.45) is 9.71. The monoisotopic (exact) mass is 508 g/mol. The molecule has 1 fully saturated rings. The molecule has 2 aliphatic heterocycles. The van der Waals surface area contributed by atoms with Gasteiger partial charge in [-0.1, -0.05) is 46.5 Å². The molecular formula is C31H44N2O4. The van der Waals surface area contributed by atoms with Gasteiger partial charge in [0.1, 0.15) is 17.1 Å². The van der Waals surface area contributed by atoms with Gasteiger partial charge in [0.15, 0.2) is 0 Å². The Balaban J connectivity index is 1.59. The molecule has 0 N–H and O–H groups in total. The number of benzene rings is 1. The van der Waals surface area contributed by atoms with Crippen LogP contribution in [0.3, 0.4) is 0 Å². The number of fused-ring (bicyclic) bond motifs is 3. The SMILES string of the molecule is CCCCCC(C)C(C)c1cc(OC(=O)CCCN2CCOCC2)c2c(c1)OC(C)(C)c1ccncc1-2. The summed E-state index contributed by atoms with van der Waals surface area (Å²) in [5, 5.41) is 0.